The normalized spacial score (nSPS) is 18.9. The van der Waals surface area contributed by atoms with Crippen LogP contribution in [-0.2, 0) is 16.0 Å². The molecule has 0 saturated carbocycles. The Kier molecular flexibility index (Phi) is 4.93. The van der Waals surface area contributed by atoms with Crippen molar-refractivity contribution in [3.8, 4) is 0 Å². The van der Waals surface area contributed by atoms with E-state index in [-0.39, 0.29) is 11.9 Å². The molecule has 5 nitrogen and oxygen atoms in total. The molecule has 110 valence electrons. The molecule has 20 heavy (non-hydrogen) atoms. The third-order valence-electron chi connectivity index (χ3n) is 3.61. The van der Waals surface area contributed by atoms with Crippen molar-refractivity contribution in [2.75, 3.05) is 24.6 Å². The summed E-state index contributed by atoms with van der Waals surface area (Å²) in [5, 5.41) is 0. The third kappa shape index (κ3) is 3.46. The number of nitrogens with zero attached hydrogens (tertiary/aromatic N) is 3. The fraction of sp³-hybridized carbons (Fsp3) is 0.667. The summed E-state index contributed by atoms with van der Waals surface area (Å²) in [5.41, 5.74) is 1.05. The average Bonchev–Trinajstić information content (AvgIpc) is 2.47. The van der Waals surface area contributed by atoms with Crippen LogP contribution in [0.2, 0.25) is 0 Å². The second kappa shape index (κ2) is 6.68. The van der Waals surface area contributed by atoms with Crippen LogP contribution in [0.3, 0.4) is 0 Å². The Morgan fingerprint density at radius 1 is 1.45 bits per heavy atom. The summed E-state index contributed by atoms with van der Waals surface area (Å²) in [6.07, 6.45) is 2.79. The Morgan fingerprint density at radius 2 is 2.25 bits per heavy atom. The molecule has 0 bridgehead atoms. The molecule has 1 atom stereocenters. The monoisotopic (exact) mass is 277 g/mol. The highest BCUT2D eigenvalue weighted by molar-refractivity contribution is 5.73. The lowest BCUT2D eigenvalue weighted by Gasteiger charge is -2.32. The molecule has 0 radical (unpaired) electrons. The number of hydrogen-bond acceptors (Lipinski definition) is 5. The van der Waals surface area contributed by atoms with Gasteiger partial charge in [0.1, 0.15) is 11.6 Å². The molecule has 1 aliphatic heterocycles. The number of rotatable bonds is 4. The molecule has 0 aliphatic carbocycles. The van der Waals surface area contributed by atoms with Crippen LogP contribution >= 0.6 is 0 Å². The van der Waals surface area contributed by atoms with Crippen molar-refractivity contribution in [1.29, 1.82) is 0 Å². The number of aromatic nitrogens is 2. The predicted octanol–water partition coefficient (Wildman–Crippen LogP) is 2.13. The topological polar surface area (TPSA) is 55.3 Å². The van der Waals surface area contributed by atoms with E-state index < -0.39 is 0 Å². The van der Waals surface area contributed by atoms with E-state index in [0.717, 1.165) is 43.1 Å². The van der Waals surface area contributed by atoms with Crippen LogP contribution in [0.1, 0.15) is 38.2 Å². The van der Waals surface area contributed by atoms with E-state index in [9.17, 15) is 4.79 Å². The van der Waals surface area contributed by atoms with Gasteiger partial charge in [0.05, 0.1) is 12.5 Å². The number of carbonyl (C=O) groups excluding carboxylic acids is 1. The van der Waals surface area contributed by atoms with E-state index in [4.69, 9.17) is 4.74 Å². The van der Waals surface area contributed by atoms with Crippen molar-refractivity contribution in [3.05, 3.63) is 17.6 Å². The lowest BCUT2D eigenvalue weighted by molar-refractivity contribution is -0.148. The molecule has 1 unspecified atom stereocenters. The standard InChI is InChI=1S/C15H23N3O2/c1-4-13-9-14(17-11(3)16-13)18-8-6-7-12(10-18)15(19)20-5-2/h9,12H,4-8,10H2,1-3H3. The van der Waals surface area contributed by atoms with Gasteiger partial charge in [0.2, 0.25) is 0 Å². The molecule has 0 spiro atoms. The second-order valence-corrected chi connectivity index (χ2v) is 5.16. The summed E-state index contributed by atoms with van der Waals surface area (Å²) in [6.45, 7) is 7.92. The summed E-state index contributed by atoms with van der Waals surface area (Å²) < 4.78 is 5.14. The maximum absolute atomic E-state index is 11.9. The highest BCUT2D eigenvalue weighted by Gasteiger charge is 2.27. The van der Waals surface area contributed by atoms with E-state index in [1.807, 2.05) is 19.9 Å². The van der Waals surface area contributed by atoms with Crippen LogP contribution in [0.4, 0.5) is 5.82 Å². The zero-order valence-corrected chi connectivity index (χ0v) is 12.6. The second-order valence-electron chi connectivity index (χ2n) is 5.16. The molecule has 1 fully saturated rings. The van der Waals surface area contributed by atoms with Gasteiger partial charge < -0.3 is 9.64 Å². The fourth-order valence-electron chi connectivity index (χ4n) is 2.59. The first kappa shape index (κ1) is 14.8. The quantitative estimate of drug-likeness (QED) is 0.789. The largest absolute Gasteiger partial charge is 0.466 e. The van der Waals surface area contributed by atoms with E-state index in [2.05, 4.69) is 21.8 Å². The van der Waals surface area contributed by atoms with Gasteiger partial charge in [0.25, 0.3) is 0 Å². The molecule has 0 amide bonds. The first-order valence-corrected chi connectivity index (χ1v) is 7.40. The van der Waals surface area contributed by atoms with Crippen molar-refractivity contribution in [2.24, 2.45) is 5.92 Å². The van der Waals surface area contributed by atoms with Crippen LogP contribution in [0.25, 0.3) is 0 Å². The Balaban J connectivity index is 2.12. The predicted molar refractivity (Wildman–Crippen MR) is 77.7 cm³/mol. The highest BCUT2D eigenvalue weighted by Crippen LogP contribution is 2.23. The van der Waals surface area contributed by atoms with Crippen LogP contribution < -0.4 is 4.90 Å². The first-order chi connectivity index (χ1) is 9.63. The van der Waals surface area contributed by atoms with Gasteiger partial charge in [-0.1, -0.05) is 6.92 Å². The molecule has 5 heteroatoms. The van der Waals surface area contributed by atoms with Crippen molar-refractivity contribution >= 4 is 11.8 Å². The SMILES string of the molecule is CCOC(=O)C1CCCN(c2cc(CC)nc(C)n2)C1. The minimum absolute atomic E-state index is 0.0379. The lowest BCUT2D eigenvalue weighted by atomic mass is 9.98. The Bertz CT molecular complexity index is 476. The number of aryl methyl sites for hydroxylation is 2. The number of carbonyl (C=O) groups is 1. The molecular formula is C15H23N3O2. The van der Waals surface area contributed by atoms with Crippen LogP contribution in [0.5, 0.6) is 0 Å². The van der Waals surface area contributed by atoms with Gasteiger partial charge in [0, 0.05) is 24.8 Å². The summed E-state index contributed by atoms with van der Waals surface area (Å²) >= 11 is 0. The molecule has 1 aromatic rings. The van der Waals surface area contributed by atoms with Gasteiger partial charge in [-0.25, -0.2) is 9.97 Å². The van der Waals surface area contributed by atoms with Gasteiger partial charge in [-0.2, -0.15) is 0 Å². The third-order valence-corrected chi connectivity index (χ3v) is 3.61. The van der Waals surface area contributed by atoms with Crippen molar-refractivity contribution in [3.63, 3.8) is 0 Å². The smallest absolute Gasteiger partial charge is 0.310 e. The van der Waals surface area contributed by atoms with E-state index >= 15 is 0 Å². The first-order valence-electron chi connectivity index (χ1n) is 7.40. The van der Waals surface area contributed by atoms with Crippen molar-refractivity contribution < 1.29 is 9.53 Å². The zero-order valence-electron chi connectivity index (χ0n) is 12.6. The van der Waals surface area contributed by atoms with Crippen molar-refractivity contribution in [2.45, 2.75) is 40.0 Å². The van der Waals surface area contributed by atoms with Gasteiger partial charge in [-0.05, 0) is 33.1 Å². The molecule has 2 heterocycles. The minimum Gasteiger partial charge on any atom is -0.466 e. The average molecular weight is 277 g/mol. The van der Waals surface area contributed by atoms with Crippen LogP contribution in [-0.4, -0.2) is 35.6 Å². The number of esters is 1. The van der Waals surface area contributed by atoms with Gasteiger partial charge in [-0.15, -0.1) is 0 Å². The van der Waals surface area contributed by atoms with Crippen molar-refractivity contribution in [1.82, 2.24) is 9.97 Å². The zero-order chi connectivity index (χ0) is 14.5. The summed E-state index contributed by atoms with van der Waals surface area (Å²) in [5.74, 6) is 1.60. The number of ether oxygens (including phenoxy) is 1. The van der Waals surface area contributed by atoms with E-state index in [0.29, 0.717) is 13.2 Å². The summed E-state index contributed by atoms with van der Waals surface area (Å²) in [4.78, 5) is 23.0. The van der Waals surface area contributed by atoms with Gasteiger partial charge >= 0.3 is 5.97 Å². The summed E-state index contributed by atoms with van der Waals surface area (Å²) in [6, 6.07) is 2.03. The minimum atomic E-state index is -0.0845. The Morgan fingerprint density at radius 3 is 2.95 bits per heavy atom. The number of piperidine rings is 1. The summed E-state index contributed by atoms with van der Waals surface area (Å²) in [7, 11) is 0. The van der Waals surface area contributed by atoms with Crippen LogP contribution in [0.15, 0.2) is 6.07 Å². The molecule has 1 aromatic heterocycles. The Hall–Kier alpha value is -1.65. The molecule has 1 saturated heterocycles. The molecule has 1 aliphatic rings. The van der Waals surface area contributed by atoms with Crippen LogP contribution in [0, 0.1) is 12.8 Å². The maximum Gasteiger partial charge on any atom is 0.310 e. The van der Waals surface area contributed by atoms with E-state index in [1.165, 1.54) is 0 Å². The van der Waals surface area contributed by atoms with E-state index in [1.54, 1.807) is 0 Å². The Labute approximate surface area is 120 Å². The maximum atomic E-state index is 11.9. The number of anilines is 1. The van der Waals surface area contributed by atoms with Gasteiger partial charge in [0.15, 0.2) is 0 Å². The highest BCUT2D eigenvalue weighted by atomic mass is 16.5. The molecular weight excluding hydrogens is 254 g/mol. The van der Waals surface area contributed by atoms with Gasteiger partial charge in [-0.3, -0.25) is 4.79 Å². The fourth-order valence-corrected chi connectivity index (χ4v) is 2.59. The number of hydrogen-bond donors (Lipinski definition) is 0. The lowest BCUT2D eigenvalue weighted by Crippen LogP contribution is -2.40. The molecule has 0 N–H and O–H groups in total. The molecule has 0 aromatic carbocycles. The molecule has 2 rings (SSSR count).